The summed E-state index contributed by atoms with van der Waals surface area (Å²) >= 11 is 0. The van der Waals surface area contributed by atoms with Crippen LogP contribution in [0.15, 0.2) is 48.5 Å². The van der Waals surface area contributed by atoms with E-state index in [1.807, 2.05) is 0 Å². The topological polar surface area (TPSA) is 104 Å². The van der Waals surface area contributed by atoms with Crippen LogP contribution in [-0.2, 0) is 9.59 Å². The number of piperidine rings is 1. The lowest BCUT2D eigenvalue weighted by atomic mass is 10.1. The molecule has 0 aliphatic carbocycles. The summed E-state index contributed by atoms with van der Waals surface area (Å²) < 4.78 is 0. The molecular weight excluding hydrogens is 336 g/mol. The summed E-state index contributed by atoms with van der Waals surface area (Å²) in [6.07, 6.45) is 1.23. The summed E-state index contributed by atoms with van der Waals surface area (Å²) in [6.45, 7) is 0. The quantitative estimate of drug-likeness (QED) is 0.823. The van der Waals surface area contributed by atoms with Gasteiger partial charge in [-0.2, -0.15) is 0 Å². The molecule has 0 unspecified atom stereocenters. The largest absolute Gasteiger partial charge is 0.478 e. The van der Waals surface area contributed by atoms with Crippen molar-refractivity contribution in [3.63, 3.8) is 0 Å². The number of carboxylic acid groups (broad SMARTS) is 1. The second-order valence-corrected chi connectivity index (χ2v) is 5.86. The number of carboxylic acids is 1. The van der Waals surface area contributed by atoms with E-state index in [9.17, 15) is 19.2 Å². The predicted octanol–water partition coefficient (Wildman–Crippen LogP) is 2.68. The molecule has 2 N–H and O–H groups in total. The average Bonchev–Trinajstić information content (AvgIpc) is 2.62. The minimum absolute atomic E-state index is 0.128. The van der Waals surface area contributed by atoms with Crippen molar-refractivity contribution in [2.45, 2.75) is 19.3 Å². The number of hydrogen-bond donors (Lipinski definition) is 2. The minimum Gasteiger partial charge on any atom is -0.478 e. The van der Waals surface area contributed by atoms with E-state index in [0.717, 1.165) is 4.90 Å². The maximum Gasteiger partial charge on any atom is 0.335 e. The van der Waals surface area contributed by atoms with E-state index in [0.29, 0.717) is 36.2 Å². The lowest BCUT2D eigenvalue weighted by Crippen LogP contribution is -2.40. The molecule has 0 bridgehead atoms. The first-order chi connectivity index (χ1) is 12.5. The van der Waals surface area contributed by atoms with E-state index in [1.165, 1.54) is 36.4 Å². The summed E-state index contributed by atoms with van der Waals surface area (Å²) in [6, 6.07) is 12.0. The van der Waals surface area contributed by atoms with E-state index < -0.39 is 5.97 Å². The zero-order valence-corrected chi connectivity index (χ0v) is 13.8. The third-order valence-electron chi connectivity index (χ3n) is 4.06. The van der Waals surface area contributed by atoms with Crippen molar-refractivity contribution in [3.05, 3.63) is 59.7 Å². The second kappa shape index (κ2) is 7.18. The van der Waals surface area contributed by atoms with Gasteiger partial charge in [0.2, 0.25) is 11.8 Å². The van der Waals surface area contributed by atoms with Gasteiger partial charge in [-0.25, -0.2) is 4.79 Å². The zero-order valence-electron chi connectivity index (χ0n) is 13.8. The molecular formula is C19H16N2O5. The smallest absolute Gasteiger partial charge is 0.335 e. The van der Waals surface area contributed by atoms with Gasteiger partial charge < -0.3 is 10.4 Å². The molecule has 0 spiro atoms. The number of imide groups is 1. The van der Waals surface area contributed by atoms with Gasteiger partial charge in [0.05, 0.1) is 11.3 Å². The Morgan fingerprint density at radius 2 is 1.38 bits per heavy atom. The van der Waals surface area contributed by atoms with E-state index in [2.05, 4.69) is 5.32 Å². The average molecular weight is 352 g/mol. The molecule has 26 heavy (non-hydrogen) atoms. The highest BCUT2D eigenvalue weighted by molar-refractivity contribution is 6.16. The monoisotopic (exact) mass is 352 g/mol. The Morgan fingerprint density at radius 1 is 0.846 bits per heavy atom. The van der Waals surface area contributed by atoms with Gasteiger partial charge in [-0.1, -0.05) is 0 Å². The molecule has 0 radical (unpaired) electrons. The second-order valence-electron chi connectivity index (χ2n) is 5.86. The van der Waals surface area contributed by atoms with E-state index in [4.69, 9.17) is 5.11 Å². The van der Waals surface area contributed by atoms with Gasteiger partial charge in [0.25, 0.3) is 5.91 Å². The number of anilines is 2. The van der Waals surface area contributed by atoms with Crippen LogP contribution in [-0.4, -0.2) is 28.8 Å². The van der Waals surface area contributed by atoms with Crippen LogP contribution in [0.1, 0.15) is 40.0 Å². The fraction of sp³-hybridized carbons (Fsp3) is 0.158. The summed E-state index contributed by atoms with van der Waals surface area (Å²) in [4.78, 5) is 48.1. The van der Waals surface area contributed by atoms with Gasteiger partial charge >= 0.3 is 5.97 Å². The number of aromatic carboxylic acids is 1. The maximum absolute atomic E-state index is 12.3. The van der Waals surface area contributed by atoms with Crippen LogP contribution in [0.2, 0.25) is 0 Å². The first-order valence-corrected chi connectivity index (χ1v) is 8.06. The number of carbonyl (C=O) groups is 4. The number of amides is 3. The van der Waals surface area contributed by atoms with Crippen LogP contribution >= 0.6 is 0 Å². The number of benzene rings is 2. The third kappa shape index (κ3) is 3.61. The highest BCUT2D eigenvalue weighted by Crippen LogP contribution is 2.22. The predicted molar refractivity (Wildman–Crippen MR) is 94.1 cm³/mol. The molecule has 1 aliphatic rings. The Bertz CT molecular complexity index is 856. The Balaban J connectivity index is 1.71. The van der Waals surface area contributed by atoms with Gasteiger partial charge in [0.15, 0.2) is 0 Å². The molecule has 3 amide bonds. The molecule has 1 aliphatic heterocycles. The van der Waals surface area contributed by atoms with Gasteiger partial charge in [0.1, 0.15) is 0 Å². The van der Waals surface area contributed by atoms with Crippen molar-refractivity contribution < 1.29 is 24.3 Å². The first kappa shape index (κ1) is 17.3. The van der Waals surface area contributed by atoms with Crippen molar-refractivity contribution in [3.8, 4) is 0 Å². The molecule has 0 aromatic heterocycles. The van der Waals surface area contributed by atoms with Gasteiger partial charge in [-0.15, -0.1) is 0 Å². The van der Waals surface area contributed by atoms with Crippen LogP contribution in [0.25, 0.3) is 0 Å². The zero-order chi connectivity index (χ0) is 18.7. The van der Waals surface area contributed by atoms with Crippen LogP contribution < -0.4 is 10.2 Å². The number of nitrogens with one attached hydrogen (secondary N) is 1. The molecule has 0 saturated carbocycles. The van der Waals surface area contributed by atoms with Gasteiger partial charge in [-0.05, 0) is 55.0 Å². The first-order valence-electron chi connectivity index (χ1n) is 8.06. The molecule has 2 aromatic rings. The van der Waals surface area contributed by atoms with Crippen LogP contribution in [0.5, 0.6) is 0 Å². The molecule has 1 saturated heterocycles. The van der Waals surface area contributed by atoms with Crippen LogP contribution in [0.4, 0.5) is 11.4 Å². The summed E-state index contributed by atoms with van der Waals surface area (Å²) in [5.74, 6) is -1.90. The van der Waals surface area contributed by atoms with E-state index in [-0.39, 0.29) is 23.3 Å². The van der Waals surface area contributed by atoms with Crippen LogP contribution in [0, 0.1) is 0 Å². The molecule has 3 rings (SSSR count). The Hall–Kier alpha value is -3.48. The highest BCUT2D eigenvalue weighted by Gasteiger charge is 2.27. The van der Waals surface area contributed by atoms with Crippen molar-refractivity contribution >= 4 is 35.1 Å². The number of carbonyl (C=O) groups excluding carboxylic acids is 3. The van der Waals surface area contributed by atoms with Crippen molar-refractivity contribution in [1.29, 1.82) is 0 Å². The molecule has 132 valence electrons. The molecule has 7 heteroatoms. The Labute approximate surface area is 149 Å². The summed E-state index contributed by atoms with van der Waals surface area (Å²) in [5, 5.41) is 11.5. The van der Waals surface area contributed by atoms with Crippen molar-refractivity contribution in [2.75, 3.05) is 10.2 Å². The number of nitrogens with zero attached hydrogens (tertiary/aromatic N) is 1. The maximum atomic E-state index is 12.3. The minimum atomic E-state index is -1.04. The summed E-state index contributed by atoms with van der Waals surface area (Å²) in [5.41, 5.74) is 1.39. The lowest BCUT2D eigenvalue weighted by Gasteiger charge is -2.24. The number of rotatable bonds is 4. The Morgan fingerprint density at radius 3 is 1.92 bits per heavy atom. The molecule has 0 atom stereocenters. The van der Waals surface area contributed by atoms with Crippen molar-refractivity contribution in [2.24, 2.45) is 0 Å². The third-order valence-corrected chi connectivity index (χ3v) is 4.06. The standard InChI is InChI=1S/C19H16N2O5/c22-16-2-1-3-17(23)21(16)15-10-6-12(7-11-15)18(24)20-14-8-4-13(5-9-14)19(25)26/h4-11H,1-3H2,(H,20,24)(H,25,26). The highest BCUT2D eigenvalue weighted by atomic mass is 16.4. The fourth-order valence-electron chi connectivity index (χ4n) is 2.70. The molecule has 1 fully saturated rings. The van der Waals surface area contributed by atoms with E-state index in [1.54, 1.807) is 12.1 Å². The van der Waals surface area contributed by atoms with Gasteiger partial charge in [-0.3, -0.25) is 19.3 Å². The lowest BCUT2D eigenvalue weighted by molar-refractivity contribution is -0.129. The van der Waals surface area contributed by atoms with Gasteiger partial charge in [0, 0.05) is 24.1 Å². The SMILES string of the molecule is O=C(O)c1ccc(NC(=O)c2ccc(N3C(=O)CCCC3=O)cc2)cc1. The van der Waals surface area contributed by atoms with Crippen molar-refractivity contribution in [1.82, 2.24) is 0 Å². The Kier molecular flexibility index (Phi) is 4.79. The number of hydrogen-bond acceptors (Lipinski definition) is 4. The normalized spacial score (nSPS) is 14.2. The van der Waals surface area contributed by atoms with E-state index >= 15 is 0 Å². The molecule has 2 aromatic carbocycles. The van der Waals surface area contributed by atoms with Crippen LogP contribution in [0.3, 0.4) is 0 Å². The molecule has 1 heterocycles. The summed E-state index contributed by atoms with van der Waals surface area (Å²) in [7, 11) is 0. The molecule has 7 nitrogen and oxygen atoms in total. The fourth-order valence-corrected chi connectivity index (χ4v) is 2.70.